The molecule has 3 heterocycles. The molecule has 3 aliphatic heterocycles. The molecule has 3 saturated heterocycles. The molecule has 0 aromatic heterocycles. The van der Waals surface area contributed by atoms with Crippen molar-refractivity contribution in [2.45, 2.75) is 108 Å². The number of carbonyl (C=O) groups is 1. The maximum atomic E-state index is 13.6. The molecule has 40 heavy (non-hydrogen) atoms. The number of hydrogen-bond acceptors (Lipinski definition) is 5. The fourth-order valence-corrected chi connectivity index (χ4v) is 9.79. The number of carbonyl (C=O) groups excluding carboxylic acids is 1. The van der Waals surface area contributed by atoms with Crippen LogP contribution in [0.4, 0.5) is 10.5 Å². The number of piperazine rings is 1. The van der Waals surface area contributed by atoms with Crippen LogP contribution in [0.3, 0.4) is 0 Å². The molecule has 220 valence electrons. The molecule has 7 aliphatic rings. The third-order valence-electron chi connectivity index (χ3n) is 11.5. The Morgan fingerprint density at radius 3 is 2.15 bits per heavy atom. The minimum absolute atomic E-state index is 0.162. The van der Waals surface area contributed by atoms with E-state index in [1.807, 2.05) is 0 Å². The Kier molecular flexibility index (Phi) is 6.77. The summed E-state index contributed by atoms with van der Waals surface area (Å²) in [6.45, 7) is 12.0. The summed E-state index contributed by atoms with van der Waals surface area (Å²) in [5, 5.41) is 14.4. The number of fused-ring (bicyclic) bond motifs is 2. The van der Waals surface area contributed by atoms with Gasteiger partial charge in [-0.2, -0.15) is 0 Å². The van der Waals surface area contributed by atoms with Crippen LogP contribution in [0.2, 0.25) is 0 Å². The second-order valence-corrected chi connectivity index (χ2v) is 15.2. The van der Waals surface area contributed by atoms with E-state index in [2.05, 4.69) is 65.1 Å². The van der Waals surface area contributed by atoms with Crippen LogP contribution in [0, 0.1) is 23.7 Å². The Bertz CT molecular complexity index is 1050. The fourth-order valence-electron chi connectivity index (χ4n) is 9.79. The van der Waals surface area contributed by atoms with Crippen LogP contribution in [-0.2, 0) is 0 Å². The Hall–Kier alpha value is -1.99. The van der Waals surface area contributed by atoms with E-state index in [1.54, 1.807) is 0 Å². The molecule has 7 heteroatoms. The van der Waals surface area contributed by atoms with Crippen LogP contribution in [0.5, 0.6) is 5.75 Å². The zero-order chi connectivity index (χ0) is 27.6. The summed E-state index contributed by atoms with van der Waals surface area (Å²) in [6, 6.07) is 9.77. The molecule has 2 amide bonds. The number of benzene rings is 1. The third-order valence-corrected chi connectivity index (χ3v) is 11.5. The number of urea groups is 1. The number of nitrogens with one attached hydrogen (secondary N) is 1. The quantitative estimate of drug-likeness (QED) is 0.547. The number of aliphatic hydroxyl groups is 1. The highest BCUT2D eigenvalue weighted by Gasteiger charge is 2.55. The Morgan fingerprint density at radius 2 is 1.57 bits per heavy atom. The summed E-state index contributed by atoms with van der Waals surface area (Å²) in [6.07, 6.45) is 9.43. The molecule has 4 unspecified atom stereocenters. The van der Waals surface area contributed by atoms with Crippen molar-refractivity contribution < 1.29 is 14.6 Å². The molecule has 2 N–H and O–H groups in total. The van der Waals surface area contributed by atoms with Gasteiger partial charge in [0.25, 0.3) is 0 Å². The van der Waals surface area contributed by atoms with Gasteiger partial charge in [-0.1, -0.05) is 0 Å². The second kappa shape index (κ2) is 10.1. The maximum Gasteiger partial charge on any atom is 0.318 e. The Morgan fingerprint density at radius 1 is 0.950 bits per heavy atom. The molecule has 4 atom stereocenters. The first-order valence-electron chi connectivity index (χ1n) is 16.2. The van der Waals surface area contributed by atoms with Crippen LogP contribution in [0.15, 0.2) is 24.3 Å². The zero-order valence-corrected chi connectivity index (χ0v) is 24.9. The van der Waals surface area contributed by atoms with Crippen LogP contribution in [-0.4, -0.2) is 83.0 Å². The van der Waals surface area contributed by atoms with Crippen LogP contribution >= 0.6 is 0 Å². The minimum Gasteiger partial charge on any atom is -0.493 e. The highest BCUT2D eigenvalue weighted by molar-refractivity contribution is 5.76. The molecule has 1 aromatic rings. The zero-order valence-electron chi connectivity index (χ0n) is 24.9. The van der Waals surface area contributed by atoms with E-state index in [4.69, 9.17) is 4.74 Å². The molecule has 0 radical (unpaired) electrons. The Balaban J connectivity index is 0.893. The molecule has 4 saturated carbocycles. The van der Waals surface area contributed by atoms with Gasteiger partial charge in [0.2, 0.25) is 0 Å². The molecule has 1 aromatic carbocycles. The number of rotatable bonds is 5. The van der Waals surface area contributed by atoms with Crippen LogP contribution < -0.4 is 15.0 Å². The molecule has 7 fully saturated rings. The van der Waals surface area contributed by atoms with E-state index in [0.29, 0.717) is 35.8 Å². The third kappa shape index (κ3) is 5.10. The highest BCUT2D eigenvalue weighted by atomic mass is 16.5. The van der Waals surface area contributed by atoms with Gasteiger partial charge in [0.1, 0.15) is 5.75 Å². The number of nitrogens with zero attached hydrogens (tertiary/aromatic N) is 3. The molecule has 6 bridgehead atoms. The van der Waals surface area contributed by atoms with Crippen molar-refractivity contribution in [1.29, 1.82) is 0 Å². The standard InChI is InChI=1S/C33H50N4O3/c1-32(2,3)36-12-10-35(11-13-36)26-6-8-29(9-7-26)40-21-23-16-27-4-5-28(17-23)37(27)31(38)34-30-24-14-22-15-25(30)20-33(39,18-22)19-24/h6-9,22-25,27-28,30,39H,4-5,10-21H2,1-3H3,(H,34,38). The predicted molar refractivity (Wildman–Crippen MR) is 158 cm³/mol. The molecular formula is C33H50N4O3. The lowest BCUT2D eigenvalue weighted by Gasteiger charge is -2.58. The summed E-state index contributed by atoms with van der Waals surface area (Å²) < 4.78 is 6.30. The lowest BCUT2D eigenvalue weighted by Crippen LogP contribution is -2.63. The number of ether oxygens (including phenoxy) is 1. The number of amides is 2. The molecular weight excluding hydrogens is 500 g/mol. The van der Waals surface area contributed by atoms with Crippen LogP contribution in [0.25, 0.3) is 0 Å². The monoisotopic (exact) mass is 550 g/mol. The fraction of sp³-hybridized carbons (Fsp3) is 0.788. The molecule has 8 rings (SSSR count). The first-order valence-corrected chi connectivity index (χ1v) is 16.2. The van der Waals surface area contributed by atoms with Crippen molar-refractivity contribution >= 4 is 11.7 Å². The molecule has 0 spiro atoms. The first-order chi connectivity index (χ1) is 19.1. The Labute approximate surface area is 240 Å². The van der Waals surface area contributed by atoms with Gasteiger partial charge >= 0.3 is 6.03 Å². The normalized spacial score (nSPS) is 39.0. The van der Waals surface area contributed by atoms with Gasteiger partial charge in [-0.15, -0.1) is 0 Å². The largest absolute Gasteiger partial charge is 0.493 e. The number of anilines is 1. The van der Waals surface area contributed by atoms with E-state index in [0.717, 1.165) is 83.5 Å². The van der Waals surface area contributed by atoms with Gasteiger partial charge in [-0.05, 0) is 126 Å². The second-order valence-electron chi connectivity index (χ2n) is 15.2. The first kappa shape index (κ1) is 26.9. The summed E-state index contributed by atoms with van der Waals surface area (Å²) in [5.74, 6) is 3.05. The maximum absolute atomic E-state index is 13.6. The van der Waals surface area contributed by atoms with E-state index in [1.165, 1.54) is 18.5 Å². The predicted octanol–water partition coefficient (Wildman–Crippen LogP) is 4.88. The van der Waals surface area contributed by atoms with Crippen molar-refractivity contribution in [3.63, 3.8) is 0 Å². The van der Waals surface area contributed by atoms with E-state index in [9.17, 15) is 9.90 Å². The van der Waals surface area contributed by atoms with Gasteiger partial charge in [0.15, 0.2) is 0 Å². The van der Waals surface area contributed by atoms with Crippen molar-refractivity contribution in [2.75, 3.05) is 37.7 Å². The van der Waals surface area contributed by atoms with E-state index < -0.39 is 5.60 Å². The van der Waals surface area contributed by atoms with Gasteiger partial charge < -0.3 is 25.0 Å². The van der Waals surface area contributed by atoms with Crippen molar-refractivity contribution in [1.82, 2.24) is 15.1 Å². The summed E-state index contributed by atoms with van der Waals surface area (Å²) in [7, 11) is 0. The van der Waals surface area contributed by atoms with Crippen molar-refractivity contribution in [3.05, 3.63) is 24.3 Å². The summed E-state index contributed by atoms with van der Waals surface area (Å²) >= 11 is 0. The lowest BCUT2D eigenvalue weighted by molar-refractivity contribution is -0.137. The average molecular weight is 551 g/mol. The van der Waals surface area contributed by atoms with Crippen molar-refractivity contribution in [3.8, 4) is 5.75 Å². The summed E-state index contributed by atoms with van der Waals surface area (Å²) in [4.78, 5) is 20.8. The highest BCUT2D eigenvalue weighted by Crippen LogP contribution is 2.55. The number of hydrogen-bond donors (Lipinski definition) is 2. The topological polar surface area (TPSA) is 68.3 Å². The molecule has 7 nitrogen and oxygen atoms in total. The smallest absolute Gasteiger partial charge is 0.318 e. The van der Waals surface area contributed by atoms with Gasteiger partial charge in [0.05, 0.1) is 12.2 Å². The van der Waals surface area contributed by atoms with E-state index >= 15 is 0 Å². The average Bonchev–Trinajstić information content (AvgIpc) is 3.18. The summed E-state index contributed by atoms with van der Waals surface area (Å²) in [5.41, 5.74) is 1.07. The van der Waals surface area contributed by atoms with Gasteiger partial charge in [0, 0.05) is 55.5 Å². The SMILES string of the molecule is CC(C)(C)N1CCN(c2ccc(OCC3CC4CCC(C3)N4C(=O)NC3C4CC5CC3CC(O)(C5)C4)cc2)CC1. The van der Waals surface area contributed by atoms with Crippen LogP contribution in [0.1, 0.15) is 78.6 Å². The van der Waals surface area contributed by atoms with Gasteiger partial charge in [-0.25, -0.2) is 4.79 Å². The lowest BCUT2D eigenvalue weighted by atomic mass is 9.52. The van der Waals surface area contributed by atoms with Gasteiger partial charge in [-0.3, -0.25) is 4.90 Å². The molecule has 4 aliphatic carbocycles. The van der Waals surface area contributed by atoms with E-state index in [-0.39, 0.29) is 17.6 Å². The number of piperidine rings is 1. The minimum atomic E-state index is -0.447. The van der Waals surface area contributed by atoms with Crippen molar-refractivity contribution in [2.24, 2.45) is 23.7 Å².